The van der Waals surface area contributed by atoms with Crippen molar-refractivity contribution < 1.29 is 9.84 Å². The summed E-state index contributed by atoms with van der Waals surface area (Å²) in [5.74, 6) is 0.985. The van der Waals surface area contributed by atoms with Crippen molar-refractivity contribution in [3.63, 3.8) is 0 Å². The Kier molecular flexibility index (Phi) is 5.26. The van der Waals surface area contributed by atoms with E-state index < -0.39 is 0 Å². The van der Waals surface area contributed by atoms with Gasteiger partial charge in [0.2, 0.25) is 0 Å². The zero-order valence-corrected chi connectivity index (χ0v) is 14.1. The summed E-state index contributed by atoms with van der Waals surface area (Å²) in [6.07, 6.45) is 1.63. The lowest BCUT2D eigenvalue weighted by molar-refractivity contribution is 0.287. The van der Waals surface area contributed by atoms with Gasteiger partial charge in [0.1, 0.15) is 5.75 Å². The molecule has 2 heteroatoms. The molecule has 0 unspecified atom stereocenters. The number of hydrogen-bond acceptors (Lipinski definition) is 2. The molecule has 0 aromatic heterocycles. The smallest absolute Gasteiger partial charge is 0.125 e. The molecule has 1 rings (SSSR count). The lowest BCUT2D eigenvalue weighted by Gasteiger charge is -2.29. The van der Waals surface area contributed by atoms with Gasteiger partial charge in [0, 0.05) is 12.2 Å². The van der Waals surface area contributed by atoms with E-state index >= 15 is 0 Å². The molecule has 0 aliphatic heterocycles. The SMILES string of the molecule is COc1c(CCCO)cc(C(C)(C)C)cc1C(C)(C)C. The molecule has 0 atom stereocenters. The van der Waals surface area contributed by atoms with Gasteiger partial charge in [-0.2, -0.15) is 0 Å². The van der Waals surface area contributed by atoms with Crippen LogP contribution in [0.2, 0.25) is 0 Å². The van der Waals surface area contributed by atoms with Crippen LogP contribution < -0.4 is 4.74 Å². The number of rotatable bonds is 4. The maximum absolute atomic E-state index is 9.11. The third kappa shape index (κ3) is 3.99. The van der Waals surface area contributed by atoms with Crippen LogP contribution in [0.25, 0.3) is 0 Å². The van der Waals surface area contributed by atoms with Crippen molar-refractivity contribution in [2.75, 3.05) is 13.7 Å². The molecule has 0 spiro atoms. The predicted octanol–water partition coefficient (Wildman–Crippen LogP) is 4.22. The van der Waals surface area contributed by atoms with Crippen LogP contribution in [-0.4, -0.2) is 18.8 Å². The highest BCUT2D eigenvalue weighted by atomic mass is 16.5. The Morgan fingerprint density at radius 2 is 1.60 bits per heavy atom. The van der Waals surface area contributed by atoms with Crippen molar-refractivity contribution in [3.05, 3.63) is 28.8 Å². The van der Waals surface area contributed by atoms with Gasteiger partial charge in [0.25, 0.3) is 0 Å². The van der Waals surface area contributed by atoms with Crippen molar-refractivity contribution in [1.82, 2.24) is 0 Å². The summed E-state index contributed by atoms with van der Waals surface area (Å²) >= 11 is 0. The number of aryl methyl sites for hydroxylation is 1. The number of methoxy groups -OCH3 is 1. The van der Waals surface area contributed by atoms with Crippen molar-refractivity contribution >= 4 is 0 Å². The maximum Gasteiger partial charge on any atom is 0.125 e. The van der Waals surface area contributed by atoms with Gasteiger partial charge in [0.15, 0.2) is 0 Å². The molecule has 0 saturated heterocycles. The highest BCUT2D eigenvalue weighted by Gasteiger charge is 2.25. The lowest BCUT2D eigenvalue weighted by atomic mass is 9.78. The number of ether oxygens (including phenoxy) is 1. The van der Waals surface area contributed by atoms with Crippen LogP contribution in [0.5, 0.6) is 5.75 Å². The molecule has 1 N–H and O–H groups in total. The quantitative estimate of drug-likeness (QED) is 0.893. The monoisotopic (exact) mass is 278 g/mol. The first kappa shape index (κ1) is 17.0. The summed E-state index contributed by atoms with van der Waals surface area (Å²) in [5.41, 5.74) is 3.94. The van der Waals surface area contributed by atoms with Crippen molar-refractivity contribution in [3.8, 4) is 5.75 Å². The lowest BCUT2D eigenvalue weighted by Crippen LogP contribution is -2.18. The molecule has 0 bridgehead atoms. The first-order valence-electron chi connectivity index (χ1n) is 7.44. The summed E-state index contributed by atoms with van der Waals surface area (Å²) < 4.78 is 5.69. The Hall–Kier alpha value is -1.02. The second kappa shape index (κ2) is 6.17. The average molecular weight is 278 g/mol. The maximum atomic E-state index is 9.11. The minimum atomic E-state index is 0.0422. The van der Waals surface area contributed by atoms with Crippen LogP contribution in [0.15, 0.2) is 12.1 Å². The van der Waals surface area contributed by atoms with Crippen LogP contribution >= 0.6 is 0 Å². The van der Waals surface area contributed by atoms with Gasteiger partial charge in [0.05, 0.1) is 7.11 Å². The third-order valence-electron chi connectivity index (χ3n) is 3.65. The fraction of sp³-hybridized carbons (Fsp3) is 0.667. The standard InChI is InChI=1S/C18H30O2/c1-17(2,3)14-11-13(9-8-10-19)16(20-7)15(12-14)18(4,5)6/h11-12,19H,8-10H2,1-7H3. The summed E-state index contributed by atoms with van der Waals surface area (Å²) in [6, 6.07) is 4.52. The first-order valence-corrected chi connectivity index (χ1v) is 7.44. The summed E-state index contributed by atoms with van der Waals surface area (Å²) in [6.45, 7) is 13.6. The van der Waals surface area contributed by atoms with E-state index in [1.807, 2.05) is 0 Å². The molecule has 0 heterocycles. The number of aliphatic hydroxyl groups is 1. The van der Waals surface area contributed by atoms with E-state index in [9.17, 15) is 0 Å². The van der Waals surface area contributed by atoms with E-state index in [4.69, 9.17) is 9.84 Å². The van der Waals surface area contributed by atoms with Gasteiger partial charge in [-0.25, -0.2) is 0 Å². The van der Waals surface area contributed by atoms with Gasteiger partial charge in [-0.3, -0.25) is 0 Å². The van der Waals surface area contributed by atoms with Crippen LogP contribution in [0.3, 0.4) is 0 Å². The van der Waals surface area contributed by atoms with E-state index in [0.717, 1.165) is 18.6 Å². The fourth-order valence-electron chi connectivity index (χ4n) is 2.38. The highest BCUT2D eigenvalue weighted by molar-refractivity contribution is 5.49. The van der Waals surface area contributed by atoms with Crippen molar-refractivity contribution in [1.29, 1.82) is 0 Å². The molecule has 114 valence electrons. The van der Waals surface area contributed by atoms with Gasteiger partial charge >= 0.3 is 0 Å². The number of hydrogen-bond donors (Lipinski definition) is 1. The highest BCUT2D eigenvalue weighted by Crippen LogP contribution is 2.38. The largest absolute Gasteiger partial charge is 0.496 e. The third-order valence-corrected chi connectivity index (χ3v) is 3.65. The van der Waals surface area contributed by atoms with Crippen LogP contribution in [0.4, 0.5) is 0 Å². The molecule has 2 nitrogen and oxygen atoms in total. The zero-order chi connectivity index (χ0) is 15.6. The van der Waals surface area contributed by atoms with Crippen LogP contribution in [-0.2, 0) is 17.3 Å². The van der Waals surface area contributed by atoms with E-state index in [-0.39, 0.29) is 17.4 Å². The van der Waals surface area contributed by atoms with Crippen molar-refractivity contribution in [2.24, 2.45) is 0 Å². The Bertz CT molecular complexity index is 448. The van der Waals surface area contributed by atoms with E-state index in [0.29, 0.717) is 0 Å². The Morgan fingerprint density at radius 1 is 1.00 bits per heavy atom. The van der Waals surface area contributed by atoms with Gasteiger partial charge in [-0.15, -0.1) is 0 Å². The van der Waals surface area contributed by atoms with Gasteiger partial charge in [-0.05, 0) is 34.8 Å². The molecular formula is C18H30O2. The summed E-state index contributed by atoms with van der Waals surface area (Å²) in [5, 5.41) is 9.11. The first-order chi connectivity index (χ1) is 9.11. The Balaban J connectivity index is 3.48. The molecule has 0 radical (unpaired) electrons. The normalized spacial score (nSPS) is 12.6. The van der Waals surface area contributed by atoms with E-state index in [2.05, 4.69) is 53.7 Å². The molecule has 20 heavy (non-hydrogen) atoms. The van der Waals surface area contributed by atoms with E-state index in [1.54, 1.807) is 7.11 Å². The zero-order valence-electron chi connectivity index (χ0n) is 14.1. The predicted molar refractivity (Wildman–Crippen MR) is 85.8 cm³/mol. The molecule has 0 aliphatic rings. The minimum absolute atomic E-state index is 0.0422. The van der Waals surface area contributed by atoms with Crippen molar-refractivity contribution in [2.45, 2.75) is 65.2 Å². The Labute approximate surface area is 124 Å². The molecule has 1 aromatic carbocycles. The second-order valence-corrected chi connectivity index (χ2v) is 7.54. The van der Waals surface area contributed by atoms with Gasteiger partial charge in [-0.1, -0.05) is 53.7 Å². The number of benzene rings is 1. The fourth-order valence-corrected chi connectivity index (χ4v) is 2.38. The summed E-state index contributed by atoms with van der Waals surface area (Å²) in [7, 11) is 1.74. The molecule has 0 saturated carbocycles. The molecule has 0 fully saturated rings. The van der Waals surface area contributed by atoms with Crippen LogP contribution in [0, 0.1) is 0 Å². The molecular weight excluding hydrogens is 248 g/mol. The van der Waals surface area contributed by atoms with Gasteiger partial charge < -0.3 is 9.84 Å². The van der Waals surface area contributed by atoms with E-state index in [1.165, 1.54) is 16.7 Å². The summed E-state index contributed by atoms with van der Waals surface area (Å²) in [4.78, 5) is 0. The minimum Gasteiger partial charge on any atom is -0.496 e. The second-order valence-electron chi connectivity index (χ2n) is 7.54. The number of aliphatic hydroxyl groups excluding tert-OH is 1. The topological polar surface area (TPSA) is 29.5 Å². The molecule has 1 aromatic rings. The van der Waals surface area contributed by atoms with Crippen LogP contribution in [0.1, 0.15) is 64.7 Å². The molecule has 0 aliphatic carbocycles. The average Bonchev–Trinajstić information content (AvgIpc) is 2.32. The Morgan fingerprint density at radius 3 is 2.00 bits per heavy atom. The molecule has 0 amide bonds.